The van der Waals surface area contributed by atoms with Crippen LogP contribution in [0.2, 0.25) is 0 Å². The van der Waals surface area contributed by atoms with Crippen molar-refractivity contribution in [3.63, 3.8) is 0 Å². The van der Waals surface area contributed by atoms with Crippen molar-refractivity contribution in [3.8, 4) is 0 Å². The van der Waals surface area contributed by atoms with Gasteiger partial charge in [-0.25, -0.2) is 0 Å². The van der Waals surface area contributed by atoms with Crippen molar-refractivity contribution in [2.75, 3.05) is 18.9 Å². The van der Waals surface area contributed by atoms with Gasteiger partial charge in [-0.1, -0.05) is 72.5 Å². The molecule has 0 radical (unpaired) electrons. The lowest BCUT2D eigenvalue weighted by Gasteiger charge is -2.41. The molecule has 0 unspecified atom stereocenters. The van der Waals surface area contributed by atoms with E-state index in [1.54, 1.807) is 17.2 Å². The highest BCUT2D eigenvalue weighted by molar-refractivity contribution is 8.25. The number of rotatable bonds is 3. The average Bonchev–Trinajstić information content (AvgIpc) is 3.55. The van der Waals surface area contributed by atoms with Gasteiger partial charge in [-0.05, 0) is 30.8 Å². The lowest BCUT2D eigenvalue weighted by molar-refractivity contribution is -0.138. The molecule has 2 amide bonds. The lowest BCUT2D eigenvalue weighted by atomic mass is 9.72. The maximum Gasteiger partial charge on any atom is 0.251 e. The van der Waals surface area contributed by atoms with Crippen molar-refractivity contribution < 1.29 is 14.0 Å². The van der Waals surface area contributed by atoms with E-state index in [-0.39, 0.29) is 24.3 Å². The molecule has 3 aliphatic rings. The highest BCUT2D eigenvalue weighted by Gasteiger charge is 2.77. The van der Waals surface area contributed by atoms with Gasteiger partial charge >= 0.3 is 0 Å². The third-order valence-corrected chi connectivity index (χ3v) is 9.02. The van der Waals surface area contributed by atoms with Crippen LogP contribution in [0.4, 0.5) is 5.69 Å². The number of thioether (sulfide) groups is 1. The minimum atomic E-state index is -1.19. The molecule has 6 nitrogen and oxygen atoms in total. The fourth-order valence-corrected chi connectivity index (χ4v) is 7.89. The normalized spacial score (nSPS) is 28.8. The number of carbonyl (C=O) groups excluding carboxylic acids is 2. The quantitative estimate of drug-likeness (QED) is 0.579. The Balaban J connectivity index is 1.59. The van der Waals surface area contributed by atoms with Gasteiger partial charge in [0.2, 0.25) is 5.91 Å². The summed E-state index contributed by atoms with van der Waals surface area (Å²) in [5, 5.41) is 3.05. The zero-order valence-corrected chi connectivity index (χ0v) is 19.5. The Bertz CT molecular complexity index is 1280. The van der Waals surface area contributed by atoms with E-state index >= 15 is 0 Å². The van der Waals surface area contributed by atoms with Crippen LogP contribution in [0.1, 0.15) is 22.8 Å². The van der Waals surface area contributed by atoms with E-state index in [9.17, 15) is 9.59 Å². The average molecular weight is 476 g/mol. The fraction of sp³-hybridized carbons (Fsp3) is 0.240. The second-order valence-electron chi connectivity index (χ2n) is 8.63. The summed E-state index contributed by atoms with van der Waals surface area (Å²) < 4.78 is 4.83. The summed E-state index contributed by atoms with van der Waals surface area (Å²) in [6.45, 7) is 0.783. The lowest BCUT2D eigenvalue weighted by Crippen LogP contribution is -2.61. The van der Waals surface area contributed by atoms with Crippen LogP contribution in [0.15, 0.2) is 77.4 Å². The van der Waals surface area contributed by atoms with Crippen LogP contribution in [-0.4, -0.2) is 44.3 Å². The van der Waals surface area contributed by atoms with Crippen LogP contribution in [0.25, 0.3) is 0 Å². The molecule has 6 rings (SSSR count). The number of nitrogens with one attached hydrogen (secondary N) is 1. The van der Waals surface area contributed by atoms with Gasteiger partial charge in [-0.15, -0.1) is 0 Å². The molecular formula is C25H21N3O3S2. The topological polar surface area (TPSA) is 65.8 Å². The van der Waals surface area contributed by atoms with E-state index in [1.165, 1.54) is 11.8 Å². The fourth-order valence-electron chi connectivity index (χ4n) is 5.75. The molecule has 4 heterocycles. The first-order valence-electron chi connectivity index (χ1n) is 10.7. The largest absolute Gasteiger partial charge is 0.467 e. The van der Waals surface area contributed by atoms with Gasteiger partial charge in [0.05, 0.1) is 12.8 Å². The van der Waals surface area contributed by atoms with Gasteiger partial charge in [0.25, 0.3) is 5.91 Å². The summed E-state index contributed by atoms with van der Waals surface area (Å²) in [5.74, 6) is 0.0704. The summed E-state index contributed by atoms with van der Waals surface area (Å²) in [6.07, 6.45) is 1.58. The van der Waals surface area contributed by atoms with Gasteiger partial charge < -0.3 is 9.73 Å². The van der Waals surface area contributed by atoms with Crippen molar-refractivity contribution >= 4 is 45.8 Å². The molecule has 3 atom stereocenters. The van der Waals surface area contributed by atoms with Gasteiger partial charge in [0.1, 0.15) is 14.8 Å². The van der Waals surface area contributed by atoms with Crippen molar-refractivity contribution in [1.29, 1.82) is 0 Å². The molecule has 3 aliphatic heterocycles. The zero-order valence-electron chi connectivity index (χ0n) is 17.9. The Kier molecular flexibility index (Phi) is 4.56. The van der Waals surface area contributed by atoms with E-state index in [1.807, 2.05) is 72.6 Å². The van der Waals surface area contributed by atoms with E-state index in [0.717, 1.165) is 16.8 Å². The molecule has 8 heteroatoms. The summed E-state index contributed by atoms with van der Waals surface area (Å²) in [7, 11) is 1.93. The maximum atomic E-state index is 14.5. The summed E-state index contributed by atoms with van der Waals surface area (Å²) >= 11 is 7.12. The van der Waals surface area contributed by atoms with Crippen LogP contribution in [0.3, 0.4) is 0 Å². The molecule has 0 bridgehead atoms. The number of nitrogens with zero attached hydrogens (tertiary/aromatic N) is 2. The first kappa shape index (κ1) is 20.7. The number of carbonyl (C=O) groups is 2. The minimum absolute atomic E-state index is 0.154. The number of thiocarbonyl (C=S) groups is 1. The molecule has 33 heavy (non-hydrogen) atoms. The Hall–Kier alpha value is -2.94. The van der Waals surface area contributed by atoms with Crippen LogP contribution in [-0.2, 0) is 21.7 Å². The summed E-state index contributed by atoms with van der Waals surface area (Å²) in [6, 6.07) is 21.2. The summed E-state index contributed by atoms with van der Waals surface area (Å²) in [5.41, 5.74) is 1.39. The number of furan rings is 1. The molecule has 0 aliphatic carbocycles. The van der Waals surface area contributed by atoms with E-state index in [2.05, 4.69) is 5.32 Å². The van der Waals surface area contributed by atoms with Gasteiger partial charge in [-0.2, -0.15) is 0 Å². The van der Waals surface area contributed by atoms with Crippen LogP contribution >= 0.6 is 24.0 Å². The SMILES string of the molecule is CN1C[C@H](c2ccccc2)[C@@]2(SC(=S)N(Cc3ccco3)C2=O)[C@@]12C(=O)Nc1ccccc12. The van der Waals surface area contributed by atoms with Gasteiger partial charge in [0, 0.05) is 23.7 Å². The first-order chi connectivity index (χ1) is 16.0. The smallest absolute Gasteiger partial charge is 0.251 e. The first-order valence-corrected chi connectivity index (χ1v) is 12.0. The highest BCUT2D eigenvalue weighted by atomic mass is 32.2. The van der Waals surface area contributed by atoms with Crippen LogP contribution in [0, 0.1) is 0 Å². The van der Waals surface area contributed by atoms with Gasteiger partial charge in [0.15, 0.2) is 5.54 Å². The number of amides is 2. The molecule has 0 saturated carbocycles. The van der Waals surface area contributed by atoms with Crippen LogP contribution in [0.5, 0.6) is 0 Å². The Morgan fingerprint density at radius 2 is 1.85 bits per heavy atom. The zero-order chi connectivity index (χ0) is 22.8. The number of para-hydroxylation sites is 1. The number of hydrogen-bond donors (Lipinski definition) is 1. The number of benzene rings is 2. The van der Waals surface area contributed by atoms with Crippen molar-refractivity contribution in [2.45, 2.75) is 22.7 Å². The Morgan fingerprint density at radius 1 is 1.09 bits per heavy atom. The Labute approximate surface area is 200 Å². The highest BCUT2D eigenvalue weighted by Crippen LogP contribution is 2.65. The second-order valence-corrected chi connectivity index (χ2v) is 10.5. The van der Waals surface area contributed by atoms with Crippen molar-refractivity contribution in [1.82, 2.24) is 9.80 Å². The van der Waals surface area contributed by atoms with Crippen molar-refractivity contribution in [2.24, 2.45) is 0 Å². The Morgan fingerprint density at radius 3 is 2.61 bits per heavy atom. The number of fused-ring (bicyclic) bond motifs is 3. The molecule has 166 valence electrons. The molecule has 2 saturated heterocycles. The van der Waals surface area contributed by atoms with Crippen molar-refractivity contribution in [3.05, 3.63) is 89.9 Å². The molecule has 3 aromatic rings. The number of likely N-dealkylation sites (tertiary alicyclic amines) is 1. The number of likely N-dealkylation sites (N-methyl/N-ethyl adjacent to an activating group) is 1. The molecule has 1 N–H and O–H groups in total. The standard InChI is InChI=1S/C25H21N3O3S2/c1-27-15-19(16-8-3-2-4-9-16)25(24(27)18-11-5-6-12-20(18)26-21(24)29)22(30)28(23(32)33-25)14-17-10-7-13-31-17/h2-13,19H,14-15H2,1H3,(H,26,29)/t19-,24-,25+/m1/s1. The van der Waals surface area contributed by atoms with Gasteiger partial charge in [-0.3, -0.25) is 19.4 Å². The van der Waals surface area contributed by atoms with Crippen LogP contribution < -0.4 is 5.32 Å². The molecule has 1 aromatic heterocycles. The predicted octanol–water partition coefficient (Wildman–Crippen LogP) is 3.96. The summed E-state index contributed by atoms with van der Waals surface area (Å²) in [4.78, 5) is 32.0. The number of hydrogen-bond acceptors (Lipinski definition) is 6. The maximum absolute atomic E-state index is 14.5. The number of anilines is 1. The second kappa shape index (κ2) is 7.28. The van der Waals surface area contributed by atoms with E-state index in [4.69, 9.17) is 16.6 Å². The minimum Gasteiger partial charge on any atom is -0.467 e. The third-order valence-electron chi connectivity index (χ3n) is 7.08. The molecular weight excluding hydrogens is 454 g/mol. The van der Waals surface area contributed by atoms with E-state index < -0.39 is 10.3 Å². The molecule has 2 aromatic carbocycles. The van der Waals surface area contributed by atoms with E-state index in [0.29, 0.717) is 16.6 Å². The predicted molar refractivity (Wildman–Crippen MR) is 131 cm³/mol. The molecule has 2 spiro atoms. The monoisotopic (exact) mass is 475 g/mol. The third kappa shape index (κ3) is 2.57. The molecule has 2 fully saturated rings.